The lowest BCUT2D eigenvalue weighted by atomic mass is 10.00. The number of rotatable bonds is 4. The zero-order valence-corrected chi connectivity index (χ0v) is 11.0. The van der Waals surface area contributed by atoms with Crippen LogP contribution >= 0.6 is 24.2 Å². The Morgan fingerprint density at radius 3 is 2.93 bits per heavy atom. The van der Waals surface area contributed by atoms with Crippen LogP contribution in [0.5, 0.6) is 0 Å². The molecule has 1 rings (SSSR count). The molecule has 1 heterocycles. The van der Waals surface area contributed by atoms with Gasteiger partial charge < -0.3 is 10.6 Å². The quantitative estimate of drug-likeness (QED) is 0.795. The zero-order valence-electron chi connectivity index (χ0n) is 9.41. The summed E-state index contributed by atoms with van der Waals surface area (Å²) >= 11 is 1.72. The van der Waals surface area contributed by atoms with Gasteiger partial charge in [0, 0.05) is 24.3 Å². The van der Waals surface area contributed by atoms with Crippen LogP contribution in [0.1, 0.15) is 26.2 Å². The number of hydrogen-bond acceptors (Lipinski definition) is 3. The number of halogens is 1. The molecule has 2 unspecified atom stereocenters. The van der Waals surface area contributed by atoms with Gasteiger partial charge in [-0.15, -0.1) is 12.4 Å². The maximum atomic E-state index is 11.5. The number of thioether (sulfide) groups is 1. The molecular weight excluding hydrogens is 232 g/mol. The predicted molar refractivity (Wildman–Crippen MR) is 68.9 cm³/mol. The van der Waals surface area contributed by atoms with Crippen molar-refractivity contribution in [1.82, 2.24) is 10.6 Å². The first-order valence-corrected chi connectivity index (χ1v) is 6.65. The van der Waals surface area contributed by atoms with Crippen molar-refractivity contribution in [3.63, 3.8) is 0 Å². The van der Waals surface area contributed by atoms with Gasteiger partial charge in [-0.3, -0.25) is 4.79 Å². The van der Waals surface area contributed by atoms with Crippen LogP contribution < -0.4 is 10.6 Å². The molecule has 0 aromatic carbocycles. The average Bonchev–Trinajstić information content (AvgIpc) is 2.18. The molecule has 1 amide bonds. The van der Waals surface area contributed by atoms with E-state index < -0.39 is 0 Å². The fourth-order valence-corrected chi connectivity index (χ4v) is 2.10. The van der Waals surface area contributed by atoms with Crippen molar-refractivity contribution < 1.29 is 4.79 Å². The molecule has 1 saturated heterocycles. The SMILES string of the molecule is CSCCC(=O)NC1CCCNC1C.Cl. The minimum absolute atomic E-state index is 0. The van der Waals surface area contributed by atoms with Crippen molar-refractivity contribution in [3.05, 3.63) is 0 Å². The first-order chi connectivity index (χ1) is 6.74. The third-order valence-corrected chi connectivity index (χ3v) is 3.25. The van der Waals surface area contributed by atoms with Crippen LogP contribution in [0.4, 0.5) is 0 Å². The molecule has 0 aliphatic carbocycles. The Bertz CT molecular complexity index is 192. The molecule has 0 saturated carbocycles. The lowest BCUT2D eigenvalue weighted by molar-refractivity contribution is -0.121. The van der Waals surface area contributed by atoms with E-state index in [9.17, 15) is 4.79 Å². The highest BCUT2D eigenvalue weighted by Crippen LogP contribution is 2.08. The van der Waals surface area contributed by atoms with Gasteiger partial charge in [0.1, 0.15) is 0 Å². The smallest absolute Gasteiger partial charge is 0.221 e. The third-order valence-electron chi connectivity index (χ3n) is 2.64. The van der Waals surface area contributed by atoms with E-state index in [0.29, 0.717) is 18.5 Å². The highest BCUT2D eigenvalue weighted by molar-refractivity contribution is 7.98. The predicted octanol–water partition coefficient (Wildman–Crippen LogP) is 1.42. The van der Waals surface area contributed by atoms with Crippen LogP contribution in [0.15, 0.2) is 0 Å². The number of nitrogens with one attached hydrogen (secondary N) is 2. The highest BCUT2D eigenvalue weighted by atomic mass is 35.5. The van der Waals surface area contributed by atoms with E-state index in [-0.39, 0.29) is 18.3 Å². The van der Waals surface area contributed by atoms with Crippen LogP contribution in [-0.2, 0) is 4.79 Å². The number of hydrogen-bond donors (Lipinski definition) is 2. The molecule has 2 N–H and O–H groups in total. The van der Waals surface area contributed by atoms with E-state index in [2.05, 4.69) is 17.6 Å². The van der Waals surface area contributed by atoms with Crippen LogP contribution in [0.2, 0.25) is 0 Å². The zero-order chi connectivity index (χ0) is 10.4. The Morgan fingerprint density at radius 1 is 1.60 bits per heavy atom. The molecule has 3 nitrogen and oxygen atoms in total. The second-order valence-electron chi connectivity index (χ2n) is 3.80. The van der Waals surface area contributed by atoms with Crippen LogP contribution in [0.3, 0.4) is 0 Å². The molecule has 5 heteroatoms. The Morgan fingerprint density at radius 2 is 2.33 bits per heavy atom. The van der Waals surface area contributed by atoms with Crippen molar-refractivity contribution >= 4 is 30.1 Å². The maximum Gasteiger partial charge on any atom is 0.221 e. The Hall–Kier alpha value is 0.0700. The normalized spacial score (nSPS) is 25.5. The number of carbonyl (C=O) groups excluding carboxylic acids is 1. The topological polar surface area (TPSA) is 41.1 Å². The van der Waals surface area contributed by atoms with Gasteiger partial charge in [0.25, 0.3) is 0 Å². The molecule has 0 aromatic heterocycles. The summed E-state index contributed by atoms with van der Waals surface area (Å²) in [6.07, 6.45) is 4.94. The minimum atomic E-state index is 0. The monoisotopic (exact) mass is 252 g/mol. The van der Waals surface area contributed by atoms with Gasteiger partial charge >= 0.3 is 0 Å². The molecule has 1 aliphatic rings. The summed E-state index contributed by atoms with van der Waals surface area (Å²) in [5.41, 5.74) is 0. The number of piperidine rings is 1. The van der Waals surface area contributed by atoms with Crippen molar-refractivity contribution in [2.24, 2.45) is 0 Å². The lowest BCUT2D eigenvalue weighted by Gasteiger charge is -2.30. The van der Waals surface area contributed by atoms with Gasteiger partial charge in [0.05, 0.1) is 0 Å². The molecule has 0 radical (unpaired) electrons. The largest absolute Gasteiger partial charge is 0.352 e. The fourth-order valence-electron chi connectivity index (χ4n) is 1.71. The summed E-state index contributed by atoms with van der Waals surface area (Å²) < 4.78 is 0. The van der Waals surface area contributed by atoms with Gasteiger partial charge in [-0.2, -0.15) is 11.8 Å². The Kier molecular flexibility index (Phi) is 8.29. The Labute approximate surface area is 103 Å². The number of carbonyl (C=O) groups is 1. The van der Waals surface area contributed by atoms with Crippen LogP contribution in [-0.4, -0.2) is 36.5 Å². The first kappa shape index (κ1) is 15.1. The highest BCUT2D eigenvalue weighted by Gasteiger charge is 2.21. The standard InChI is InChI=1S/C10H20N2OS.ClH/c1-8-9(4-3-6-11-8)12-10(13)5-7-14-2;/h8-9,11H,3-7H2,1-2H3,(H,12,13);1H. The molecular formula is C10H21ClN2OS. The van der Waals surface area contributed by atoms with E-state index in [0.717, 1.165) is 25.1 Å². The summed E-state index contributed by atoms with van der Waals surface area (Å²) in [6.45, 7) is 3.22. The second kappa shape index (κ2) is 8.25. The second-order valence-corrected chi connectivity index (χ2v) is 4.79. The fraction of sp³-hybridized carbons (Fsp3) is 0.900. The molecule has 2 atom stereocenters. The average molecular weight is 253 g/mol. The first-order valence-electron chi connectivity index (χ1n) is 5.25. The van der Waals surface area contributed by atoms with Crippen molar-refractivity contribution in [3.8, 4) is 0 Å². The molecule has 0 bridgehead atoms. The van der Waals surface area contributed by atoms with Gasteiger partial charge in [-0.1, -0.05) is 0 Å². The van der Waals surface area contributed by atoms with Crippen LogP contribution in [0.25, 0.3) is 0 Å². The lowest BCUT2D eigenvalue weighted by Crippen LogP contribution is -2.51. The van der Waals surface area contributed by atoms with Crippen molar-refractivity contribution in [1.29, 1.82) is 0 Å². The minimum Gasteiger partial charge on any atom is -0.352 e. The molecule has 0 spiro atoms. The van der Waals surface area contributed by atoms with Crippen molar-refractivity contribution in [2.75, 3.05) is 18.6 Å². The van der Waals surface area contributed by atoms with E-state index >= 15 is 0 Å². The molecule has 15 heavy (non-hydrogen) atoms. The van der Waals surface area contributed by atoms with Gasteiger partial charge in [-0.25, -0.2) is 0 Å². The number of amides is 1. The molecule has 90 valence electrons. The van der Waals surface area contributed by atoms with E-state index in [1.54, 1.807) is 11.8 Å². The van der Waals surface area contributed by atoms with E-state index in [1.807, 2.05) is 6.26 Å². The summed E-state index contributed by atoms with van der Waals surface area (Å²) in [5.74, 6) is 1.11. The van der Waals surface area contributed by atoms with E-state index in [1.165, 1.54) is 0 Å². The summed E-state index contributed by atoms with van der Waals surface area (Å²) in [4.78, 5) is 11.5. The Balaban J connectivity index is 0.00000196. The van der Waals surface area contributed by atoms with E-state index in [4.69, 9.17) is 0 Å². The molecule has 1 aliphatic heterocycles. The molecule has 0 aromatic rings. The summed E-state index contributed by atoms with van der Waals surface area (Å²) in [6, 6.07) is 0.750. The third kappa shape index (κ3) is 5.64. The van der Waals surface area contributed by atoms with Gasteiger partial charge in [0.15, 0.2) is 0 Å². The van der Waals surface area contributed by atoms with Crippen molar-refractivity contribution in [2.45, 2.75) is 38.3 Å². The molecule has 1 fully saturated rings. The van der Waals surface area contributed by atoms with Crippen LogP contribution in [0, 0.1) is 0 Å². The maximum absolute atomic E-state index is 11.5. The summed E-state index contributed by atoms with van der Waals surface area (Å²) in [5, 5.41) is 6.46. The van der Waals surface area contributed by atoms with Gasteiger partial charge in [0.2, 0.25) is 5.91 Å². The summed E-state index contributed by atoms with van der Waals surface area (Å²) in [7, 11) is 0. The van der Waals surface area contributed by atoms with Gasteiger partial charge in [-0.05, 0) is 32.6 Å².